The molecule has 130 valence electrons. The highest BCUT2D eigenvalue weighted by Crippen LogP contribution is 2.19. The van der Waals surface area contributed by atoms with Crippen LogP contribution in [0, 0.1) is 0 Å². The summed E-state index contributed by atoms with van der Waals surface area (Å²) in [6.07, 6.45) is 0.554. The van der Waals surface area contributed by atoms with Gasteiger partial charge in [0.05, 0.1) is 6.54 Å². The molecule has 0 saturated carbocycles. The molecule has 7 nitrogen and oxygen atoms in total. The third-order valence-electron chi connectivity index (χ3n) is 2.93. The van der Waals surface area contributed by atoms with E-state index in [1.807, 2.05) is 13.8 Å². The highest BCUT2D eigenvalue weighted by atomic mass is 32.2. The summed E-state index contributed by atoms with van der Waals surface area (Å²) in [5.74, 6) is -0.517. The first-order valence-corrected chi connectivity index (χ1v) is 9.61. The first-order valence-electron chi connectivity index (χ1n) is 7.29. The highest BCUT2D eigenvalue weighted by molar-refractivity contribution is 7.91. The monoisotopic (exact) mass is 361 g/mol. The number of thiophene rings is 1. The van der Waals surface area contributed by atoms with Gasteiger partial charge in [-0.2, -0.15) is 0 Å². The smallest absolute Gasteiger partial charge is 0.252 e. The molecule has 0 spiro atoms. The van der Waals surface area contributed by atoms with E-state index in [9.17, 15) is 18.0 Å². The number of hydrogen-bond acceptors (Lipinski definition) is 5. The molecule has 0 aliphatic rings. The maximum atomic E-state index is 12.2. The Kier molecular flexibility index (Phi) is 7.66. The maximum absolute atomic E-state index is 12.2. The second-order valence-corrected chi connectivity index (χ2v) is 8.58. The number of carbonyl (C=O) groups is 2. The van der Waals surface area contributed by atoms with Crippen LogP contribution in [0.3, 0.4) is 0 Å². The van der Waals surface area contributed by atoms with E-state index in [0.717, 1.165) is 11.3 Å². The van der Waals surface area contributed by atoms with Gasteiger partial charge >= 0.3 is 0 Å². The van der Waals surface area contributed by atoms with Crippen LogP contribution < -0.4 is 10.6 Å². The summed E-state index contributed by atoms with van der Waals surface area (Å²) in [5.41, 5.74) is 0. The van der Waals surface area contributed by atoms with E-state index in [-0.39, 0.29) is 41.6 Å². The molecule has 1 aromatic rings. The molecule has 0 bridgehead atoms. The molecule has 0 unspecified atom stereocenters. The zero-order chi connectivity index (χ0) is 17.5. The van der Waals surface area contributed by atoms with Crippen LogP contribution in [0.5, 0.6) is 0 Å². The van der Waals surface area contributed by atoms with Crippen molar-refractivity contribution >= 4 is 33.2 Å². The quantitative estimate of drug-likeness (QED) is 0.680. The van der Waals surface area contributed by atoms with Crippen molar-refractivity contribution in [2.24, 2.45) is 0 Å². The molecule has 0 saturated heterocycles. The summed E-state index contributed by atoms with van der Waals surface area (Å²) in [5, 5.41) is 6.88. The van der Waals surface area contributed by atoms with Crippen molar-refractivity contribution in [3.05, 3.63) is 17.5 Å². The third kappa shape index (κ3) is 6.67. The zero-order valence-corrected chi connectivity index (χ0v) is 15.2. The molecule has 0 aliphatic heterocycles. The predicted octanol–water partition coefficient (Wildman–Crippen LogP) is 0.790. The topological polar surface area (TPSA) is 95.6 Å². The van der Waals surface area contributed by atoms with E-state index in [4.69, 9.17) is 0 Å². The van der Waals surface area contributed by atoms with Crippen molar-refractivity contribution in [3.8, 4) is 0 Å². The van der Waals surface area contributed by atoms with E-state index in [1.54, 1.807) is 17.5 Å². The SMILES string of the molecule is CC(C)NC(=O)CNC(=O)CCCN(C)S(=O)(=O)c1cccs1. The Labute approximate surface area is 141 Å². The molecular weight excluding hydrogens is 338 g/mol. The Morgan fingerprint density at radius 2 is 2.00 bits per heavy atom. The van der Waals surface area contributed by atoms with Crippen LogP contribution in [0.1, 0.15) is 26.7 Å². The van der Waals surface area contributed by atoms with Gasteiger partial charge in [0.25, 0.3) is 10.0 Å². The summed E-state index contributed by atoms with van der Waals surface area (Å²) >= 11 is 1.16. The van der Waals surface area contributed by atoms with Crippen LogP contribution in [0.2, 0.25) is 0 Å². The largest absolute Gasteiger partial charge is 0.352 e. The number of hydrogen-bond donors (Lipinski definition) is 2. The van der Waals surface area contributed by atoms with Gasteiger partial charge in [0, 0.05) is 26.1 Å². The molecular formula is C14H23N3O4S2. The van der Waals surface area contributed by atoms with Crippen molar-refractivity contribution in [2.75, 3.05) is 20.1 Å². The second kappa shape index (κ2) is 8.99. The van der Waals surface area contributed by atoms with Gasteiger partial charge in [0.15, 0.2) is 0 Å². The fourth-order valence-corrected chi connectivity index (χ4v) is 4.20. The standard InChI is InChI=1S/C14H23N3O4S2/c1-11(2)16-13(19)10-15-12(18)6-4-8-17(3)23(20,21)14-7-5-9-22-14/h5,7,9,11H,4,6,8,10H2,1-3H3,(H,15,18)(H,16,19). The van der Waals surface area contributed by atoms with Gasteiger partial charge in [-0.15, -0.1) is 11.3 Å². The van der Waals surface area contributed by atoms with Crippen LogP contribution in [-0.4, -0.2) is 50.7 Å². The third-order valence-corrected chi connectivity index (χ3v) is 6.16. The van der Waals surface area contributed by atoms with E-state index < -0.39 is 10.0 Å². The first kappa shape index (κ1) is 19.6. The maximum Gasteiger partial charge on any atom is 0.252 e. The fourth-order valence-electron chi connectivity index (χ4n) is 1.79. The van der Waals surface area contributed by atoms with Crippen LogP contribution in [0.4, 0.5) is 0 Å². The molecule has 2 N–H and O–H groups in total. The number of sulfonamides is 1. The number of amides is 2. The van der Waals surface area contributed by atoms with Gasteiger partial charge in [0.1, 0.15) is 4.21 Å². The lowest BCUT2D eigenvalue weighted by atomic mass is 10.3. The van der Waals surface area contributed by atoms with Crippen LogP contribution in [0.15, 0.2) is 21.7 Å². The molecule has 9 heteroatoms. The Balaban J connectivity index is 2.31. The molecule has 0 aromatic carbocycles. The lowest BCUT2D eigenvalue weighted by Crippen LogP contribution is -2.40. The summed E-state index contributed by atoms with van der Waals surface area (Å²) in [6, 6.07) is 3.26. The van der Waals surface area contributed by atoms with Crippen LogP contribution in [-0.2, 0) is 19.6 Å². The molecule has 23 heavy (non-hydrogen) atoms. The van der Waals surface area contributed by atoms with Gasteiger partial charge in [-0.05, 0) is 31.7 Å². The van der Waals surface area contributed by atoms with Crippen molar-refractivity contribution in [1.29, 1.82) is 0 Å². The van der Waals surface area contributed by atoms with Gasteiger partial charge in [-0.1, -0.05) is 6.07 Å². The van der Waals surface area contributed by atoms with Gasteiger partial charge in [-0.25, -0.2) is 12.7 Å². The minimum absolute atomic E-state index is 0.0236. The van der Waals surface area contributed by atoms with E-state index in [0.29, 0.717) is 6.42 Å². The average molecular weight is 361 g/mol. The van der Waals surface area contributed by atoms with Gasteiger partial charge in [0.2, 0.25) is 11.8 Å². The molecule has 0 atom stereocenters. The predicted molar refractivity (Wildman–Crippen MR) is 89.7 cm³/mol. The highest BCUT2D eigenvalue weighted by Gasteiger charge is 2.21. The molecule has 1 heterocycles. The second-order valence-electron chi connectivity index (χ2n) is 5.36. The Morgan fingerprint density at radius 1 is 1.30 bits per heavy atom. The summed E-state index contributed by atoms with van der Waals surface area (Å²) in [7, 11) is -1.99. The zero-order valence-electron chi connectivity index (χ0n) is 13.5. The van der Waals surface area contributed by atoms with E-state index >= 15 is 0 Å². The van der Waals surface area contributed by atoms with E-state index in [2.05, 4.69) is 10.6 Å². The van der Waals surface area contributed by atoms with Crippen LogP contribution >= 0.6 is 11.3 Å². The molecule has 1 rings (SSSR count). The Bertz CT molecular complexity index is 612. The first-order chi connectivity index (χ1) is 10.7. The number of rotatable bonds is 9. The molecule has 0 radical (unpaired) electrons. The van der Waals surface area contributed by atoms with Crippen molar-refractivity contribution < 1.29 is 18.0 Å². The molecule has 0 aliphatic carbocycles. The Hall–Kier alpha value is -1.45. The Morgan fingerprint density at radius 3 is 2.57 bits per heavy atom. The minimum Gasteiger partial charge on any atom is -0.352 e. The molecule has 2 amide bonds. The van der Waals surface area contributed by atoms with E-state index in [1.165, 1.54) is 11.4 Å². The van der Waals surface area contributed by atoms with Gasteiger partial charge < -0.3 is 10.6 Å². The van der Waals surface area contributed by atoms with Crippen LogP contribution in [0.25, 0.3) is 0 Å². The minimum atomic E-state index is -3.48. The van der Waals surface area contributed by atoms with Gasteiger partial charge in [-0.3, -0.25) is 9.59 Å². The fraction of sp³-hybridized carbons (Fsp3) is 0.571. The van der Waals surface area contributed by atoms with Crippen molar-refractivity contribution in [2.45, 2.75) is 36.9 Å². The number of nitrogens with one attached hydrogen (secondary N) is 2. The normalized spacial score (nSPS) is 11.7. The number of nitrogens with zero attached hydrogens (tertiary/aromatic N) is 1. The lowest BCUT2D eigenvalue weighted by Gasteiger charge is -2.15. The summed E-state index contributed by atoms with van der Waals surface area (Å²) in [6.45, 7) is 3.85. The lowest BCUT2D eigenvalue weighted by molar-refractivity contribution is -0.126. The summed E-state index contributed by atoms with van der Waals surface area (Å²) < 4.78 is 25.9. The number of carbonyl (C=O) groups excluding carboxylic acids is 2. The van der Waals surface area contributed by atoms with Crippen molar-refractivity contribution in [1.82, 2.24) is 14.9 Å². The average Bonchev–Trinajstić information content (AvgIpc) is 2.99. The molecule has 1 aromatic heterocycles. The summed E-state index contributed by atoms with van der Waals surface area (Å²) in [4.78, 5) is 23.0. The van der Waals surface area contributed by atoms with Crippen molar-refractivity contribution in [3.63, 3.8) is 0 Å². The molecule has 0 fully saturated rings.